The minimum Gasteiger partial charge on any atom is -0.307 e. The molecule has 6 N–H and O–H groups in total. The minimum atomic E-state index is -4.21. The lowest BCUT2D eigenvalue weighted by Crippen LogP contribution is -2.38. The Morgan fingerprint density at radius 3 is 1.67 bits per heavy atom. The number of anilines is 3. The number of rotatable bonds is 8. The summed E-state index contributed by atoms with van der Waals surface area (Å²) in [4.78, 5) is 12.5. The van der Waals surface area contributed by atoms with E-state index in [0.29, 0.717) is 22.5 Å². The molecule has 0 aliphatic rings. The van der Waals surface area contributed by atoms with Crippen LogP contribution in [0.1, 0.15) is 50.7 Å². The van der Waals surface area contributed by atoms with Crippen molar-refractivity contribution in [2.75, 3.05) is 14.8 Å². The van der Waals surface area contributed by atoms with E-state index in [1.165, 1.54) is 12.1 Å². The molecule has 0 aliphatic heterocycles. The zero-order valence-corrected chi connectivity index (χ0v) is 27.7. The van der Waals surface area contributed by atoms with E-state index in [-0.39, 0.29) is 17.5 Å². The Hall–Kier alpha value is -4.74. The smallest absolute Gasteiger partial charge is 0.307 e. The molecule has 5 aromatic rings. The second-order valence-corrected chi connectivity index (χ2v) is 13.9. The van der Waals surface area contributed by atoms with Gasteiger partial charge < -0.3 is 5.32 Å². The molecule has 0 aliphatic carbocycles. The highest BCUT2D eigenvalue weighted by Gasteiger charge is 2.21. The first-order valence-corrected chi connectivity index (χ1v) is 17.0. The molecule has 0 radical (unpaired) electrons. The minimum absolute atomic E-state index is 0.0798. The number of urea groups is 1. The summed E-state index contributed by atoms with van der Waals surface area (Å²) in [5.41, 5.74) is 3.87. The van der Waals surface area contributed by atoms with Gasteiger partial charge in [0.15, 0.2) is 0 Å². The Balaban J connectivity index is 0.000000266. The van der Waals surface area contributed by atoms with E-state index in [1.54, 1.807) is 72.3 Å². The number of amides is 2. The topological polar surface area (TPSA) is 195 Å². The predicted octanol–water partition coefficient (Wildman–Crippen LogP) is 4.63. The standard InChI is InChI=1S/C21H26FN5O3S.C8H10N4O2S/c1-12(2)17-8-15(22)9-18(13(3)4)20(17)24-21(28)26-31(29,30)25-16-7-6-14-11-23-27(5)19(14)10-16;1-12-8-4-7(11-15(9,13)14)3-2-6(8)5-10-12/h6-13,25H,1-5H3,(H2,24,26,28);2-5,11H,1H3,(H2,9,13,14). The number of hydrogen-bond donors (Lipinski definition) is 5. The number of fused-ring (bicyclic) bond motifs is 2. The number of nitrogens with zero attached hydrogens (tertiary/aromatic N) is 4. The van der Waals surface area contributed by atoms with Crippen LogP contribution in [0.3, 0.4) is 0 Å². The second kappa shape index (κ2) is 13.3. The molecule has 0 atom stereocenters. The largest absolute Gasteiger partial charge is 0.334 e. The molecule has 3 aromatic carbocycles. The molecule has 2 heterocycles. The fraction of sp³-hybridized carbons (Fsp3) is 0.276. The highest BCUT2D eigenvalue weighted by molar-refractivity contribution is 7.91. The van der Waals surface area contributed by atoms with E-state index in [4.69, 9.17) is 5.14 Å². The summed E-state index contributed by atoms with van der Waals surface area (Å²) in [7, 11) is -4.41. The van der Waals surface area contributed by atoms with Gasteiger partial charge in [-0.15, -0.1) is 0 Å². The Bertz CT molecular complexity index is 2100. The SMILES string of the molecule is CC(C)c1cc(F)cc(C(C)C)c1NC(=O)NS(=O)(=O)Nc1ccc2cnn(C)c2c1.Cn1ncc2ccc(NS(N)(=O)=O)cc21. The highest BCUT2D eigenvalue weighted by Crippen LogP contribution is 2.33. The summed E-state index contributed by atoms with van der Waals surface area (Å²) in [5.74, 6) is -0.564. The van der Waals surface area contributed by atoms with E-state index < -0.39 is 32.3 Å². The van der Waals surface area contributed by atoms with Crippen molar-refractivity contribution in [3.63, 3.8) is 0 Å². The molecule has 46 heavy (non-hydrogen) atoms. The van der Waals surface area contributed by atoms with Crippen LogP contribution in [-0.2, 0) is 34.5 Å². The number of carbonyl (C=O) groups is 1. The Morgan fingerprint density at radius 2 is 1.24 bits per heavy atom. The fourth-order valence-electron chi connectivity index (χ4n) is 4.73. The van der Waals surface area contributed by atoms with Gasteiger partial charge >= 0.3 is 16.2 Å². The lowest BCUT2D eigenvalue weighted by molar-refractivity contribution is 0.256. The molecule has 2 aromatic heterocycles. The Kier molecular flexibility index (Phi) is 9.88. The third-order valence-corrected chi connectivity index (χ3v) is 8.36. The molecule has 0 spiro atoms. The Morgan fingerprint density at radius 1 is 0.783 bits per heavy atom. The maximum atomic E-state index is 14.1. The first-order valence-electron chi connectivity index (χ1n) is 14.0. The van der Waals surface area contributed by atoms with Gasteiger partial charge in [-0.3, -0.25) is 18.8 Å². The van der Waals surface area contributed by atoms with E-state index >= 15 is 0 Å². The summed E-state index contributed by atoms with van der Waals surface area (Å²) in [6, 6.07) is 11.8. The molecular formula is C29H36FN9O5S2. The molecule has 17 heteroatoms. The second-order valence-electron chi connectivity index (χ2n) is 11.2. The molecule has 2 amide bonds. The average Bonchev–Trinajstić information content (AvgIpc) is 3.49. The summed E-state index contributed by atoms with van der Waals surface area (Å²) >= 11 is 0. The molecule has 0 fully saturated rings. The summed E-state index contributed by atoms with van der Waals surface area (Å²) in [6.07, 6.45) is 3.37. The van der Waals surface area contributed by atoms with Crippen molar-refractivity contribution in [1.29, 1.82) is 0 Å². The fourth-order valence-corrected chi connectivity index (χ4v) is 5.96. The van der Waals surface area contributed by atoms with Gasteiger partial charge in [-0.2, -0.15) is 27.0 Å². The van der Waals surface area contributed by atoms with Crippen LogP contribution in [0.4, 0.5) is 26.2 Å². The first-order chi connectivity index (χ1) is 21.4. The Labute approximate surface area is 266 Å². The van der Waals surface area contributed by atoms with Crippen LogP contribution < -0.4 is 24.6 Å². The van der Waals surface area contributed by atoms with Gasteiger partial charge in [0.2, 0.25) is 0 Å². The van der Waals surface area contributed by atoms with Crippen molar-refractivity contribution in [2.24, 2.45) is 19.2 Å². The third kappa shape index (κ3) is 8.49. The average molecular weight is 674 g/mol. The number of aromatic nitrogens is 4. The maximum Gasteiger partial charge on any atom is 0.334 e. The quantitative estimate of drug-likeness (QED) is 0.158. The predicted molar refractivity (Wildman–Crippen MR) is 177 cm³/mol. The van der Waals surface area contributed by atoms with Crippen LogP contribution in [0.2, 0.25) is 0 Å². The van der Waals surface area contributed by atoms with Crippen molar-refractivity contribution in [1.82, 2.24) is 24.3 Å². The zero-order chi connectivity index (χ0) is 34.0. The number of hydrogen-bond acceptors (Lipinski definition) is 7. The van der Waals surface area contributed by atoms with Crippen molar-refractivity contribution >= 4 is 65.3 Å². The van der Waals surface area contributed by atoms with Gasteiger partial charge in [0.1, 0.15) is 5.82 Å². The van der Waals surface area contributed by atoms with Crippen molar-refractivity contribution in [3.05, 3.63) is 77.9 Å². The van der Waals surface area contributed by atoms with Crippen molar-refractivity contribution < 1.29 is 26.0 Å². The summed E-state index contributed by atoms with van der Waals surface area (Å²) in [6.45, 7) is 7.48. The van der Waals surface area contributed by atoms with Crippen LogP contribution in [0, 0.1) is 5.82 Å². The van der Waals surface area contributed by atoms with Crippen LogP contribution in [0.25, 0.3) is 21.8 Å². The third-order valence-electron chi connectivity index (χ3n) is 6.88. The van der Waals surface area contributed by atoms with E-state index in [1.807, 2.05) is 32.4 Å². The van der Waals surface area contributed by atoms with Gasteiger partial charge in [0, 0.05) is 30.6 Å². The highest BCUT2D eigenvalue weighted by atomic mass is 32.2. The lowest BCUT2D eigenvalue weighted by atomic mass is 9.92. The van der Waals surface area contributed by atoms with Crippen molar-refractivity contribution in [3.8, 4) is 0 Å². The number of nitrogens with one attached hydrogen (secondary N) is 4. The first kappa shape index (κ1) is 34.1. The number of aryl methyl sites for hydroxylation is 2. The van der Waals surface area contributed by atoms with Gasteiger partial charge in [-0.05, 0) is 71.5 Å². The van der Waals surface area contributed by atoms with Crippen LogP contribution in [-0.4, -0.2) is 42.4 Å². The molecular weight excluding hydrogens is 638 g/mol. The molecule has 5 rings (SSSR count). The zero-order valence-electron chi connectivity index (χ0n) is 26.0. The normalized spacial score (nSPS) is 11.9. The van der Waals surface area contributed by atoms with Gasteiger partial charge in [0.05, 0.1) is 34.8 Å². The summed E-state index contributed by atoms with van der Waals surface area (Å²) in [5, 5.41) is 17.4. The lowest BCUT2D eigenvalue weighted by Gasteiger charge is -2.21. The van der Waals surface area contributed by atoms with Crippen LogP contribution >= 0.6 is 0 Å². The molecule has 0 saturated carbocycles. The van der Waals surface area contributed by atoms with Gasteiger partial charge in [-0.1, -0.05) is 27.7 Å². The number of nitrogens with two attached hydrogens (primary N) is 1. The maximum absolute atomic E-state index is 14.1. The van der Waals surface area contributed by atoms with E-state index in [9.17, 15) is 26.0 Å². The number of benzene rings is 3. The molecule has 0 unspecified atom stereocenters. The van der Waals surface area contributed by atoms with E-state index in [2.05, 4.69) is 25.0 Å². The van der Waals surface area contributed by atoms with Gasteiger partial charge in [0.25, 0.3) is 10.2 Å². The van der Waals surface area contributed by atoms with E-state index in [0.717, 1.165) is 21.8 Å². The van der Waals surface area contributed by atoms with Crippen LogP contribution in [0.5, 0.6) is 0 Å². The number of halogens is 1. The molecule has 246 valence electrons. The molecule has 0 saturated heterocycles. The summed E-state index contributed by atoms with van der Waals surface area (Å²) < 4.78 is 70.4. The number of carbonyl (C=O) groups excluding carboxylic acids is 1. The monoisotopic (exact) mass is 673 g/mol. The molecule has 0 bridgehead atoms. The van der Waals surface area contributed by atoms with Crippen LogP contribution in [0.15, 0.2) is 60.9 Å². The van der Waals surface area contributed by atoms with Gasteiger partial charge in [-0.25, -0.2) is 19.0 Å². The van der Waals surface area contributed by atoms with Crippen molar-refractivity contribution in [2.45, 2.75) is 39.5 Å². The molecule has 14 nitrogen and oxygen atoms in total.